The van der Waals surface area contributed by atoms with Crippen LogP contribution in [0, 0.1) is 20.8 Å². The van der Waals surface area contributed by atoms with E-state index >= 15 is 0 Å². The van der Waals surface area contributed by atoms with Gasteiger partial charge in [-0.05, 0) is 113 Å². The molecule has 1 aliphatic carbocycles. The summed E-state index contributed by atoms with van der Waals surface area (Å²) < 4.78 is 41.9. The molecule has 3 aliphatic heterocycles. The molecule has 0 bridgehead atoms. The van der Waals surface area contributed by atoms with Gasteiger partial charge in [0.25, 0.3) is 5.91 Å². The topological polar surface area (TPSA) is 186 Å². The molecule has 16 heteroatoms. The molecule has 3 heterocycles. The molecular formula is C49H66N6O10. The molecule has 0 radical (unpaired) electrons. The molecule has 4 amide bonds. The van der Waals surface area contributed by atoms with Crippen molar-refractivity contribution in [2.24, 2.45) is 4.99 Å². The summed E-state index contributed by atoms with van der Waals surface area (Å²) in [5, 5.41) is 20.8. The Labute approximate surface area is 383 Å². The number of aryl methyl sites for hydroxylation is 3. The van der Waals surface area contributed by atoms with E-state index in [1.807, 2.05) is 57.2 Å². The van der Waals surface area contributed by atoms with Crippen molar-refractivity contribution in [2.45, 2.75) is 85.4 Å². The van der Waals surface area contributed by atoms with Crippen LogP contribution >= 0.6 is 0 Å². The Morgan fingerprint density at radius 2 is 1.65 bits per heavy atom. The third-order valence-electron chi connectivity index (χ3n) is 11.5. The summed E-state index contributed by atoms with van der Waals surface area (Å²) in [7, 11) is 1.70. The van der Waals surface area contributed by atoms with Crippen molar-refractivity contribution in [1.82, 2.24) is 25.8 Å². The number of benzene rings is 3. The lowest BCUT2D eigenvalue weighted by molar-refractivity contribution is -0.0242. The highest BCUT2D eigenvalue weighted by molar-refractivity contribution is 6.09. The van der Waals surface area contributed by atoms with Gasteiger partial charge in [-0.2, -0.15) is 0 Å². The van der Waals surface area contributed by atoms with Gasteiger partial charge in [-0.1, -0.05) is 18.2 Å². The van der Waals surface area contributed by atoms with Crippen LogP contribution < -0.4 is 21.3 Å². The van der Waals surface area contributed by atoms with Gasteiger partial charge < -0.3 is 48.7 Å². The molecule has 2 aromatic rings. The Morgan fingerprint density at radius 1 is 0.938 bits per heavy atom. The second-order valence-corrected chi connectivity index (χ2v) is 16.4. The third kappa shape index (κ3) is 12.9. The van der Waals surface area contributed by atoms with Crippen molar-refractivity contribution in [3.8, 4) is 22.5 Å². The maximum atomic E-state index is 14.0. The third-order valence-corrected chi connectivity index (χ3v) is 11.5. The first-order valence-electron chi connectivity index (χ1n) is 23.2. The first kappa shape index (κ1) is 47.6. The number of ether oxygens (including phenoxy) is 5. The van der Waals surface area contributed by atoms with Gasteiger partial charge in [-0.25, -0.2) is 9.59 Å². The minimum atomic E-state index is -0.757. The highest BCUT2D eigenvalue weighted by Gasteiger charge is 2.38. The predicted molar refractivity (Wildman–Crippen MR) is 247 cm³/mol. The first-order valence-corrected chi connectivity index (χ1v) is 22.5. The van der Waals surface area contributed by atoms with Crippen LogP contribution in [0.1, 0.15) is 68.4 Å². The molecule has 1 fully saturated rings. The number of urea groups is 1. The smallest absolute Gasteiger partial charge is 0.407 e. The number of carbonyl (C=O) groups excluding carboxylic acids is 3. The number of amides is 4. The number of rotatable bonds is 22. The number of aliphatic hydroxyl groups excluding tert-OH is 1. The van der Waals surface area contributed by atoms with Crippen LogP contribution in [0.3, 0.4) is 0 Å². The average molecular weight is 900 g/mol. The SMILES string of the molecule is [2H]CC1OC(N2C=C(C)C(NCCCOCCOCCOCCCNC(=O)OCCN(C)C(=O)c3ccccc3-c3c4cc(C)c(=NCC)cc-4oc4cc(C)c(C)cc34)NC2=O)CC1O. The van der Waals surface area contributed by atoms with Crippen LogP contribution in [-0.2, 0) is 23.7 Å². The molecule has 4 atom stereocenters. The van der Waals surface area contributed by atoms with E-state index in [0.717, 1.165) is 61.7 Å². The van der Waals surface area contributed by atoms with Gasteiger partial charge in [0.15, 0.2) is 0 Å². The minimum Gasteiger partial charge on any atom is -0.456 e. The monoisotopic (exact) mass is 899 g/mol. The van der Waals surface area contributed by atoms with E-state index in [9.17, 15) is 19.5 Å². The van der Waals surface area contributed by atoms with E-state index in [1.54, 1.807) is 18.1 Å². The molecule has 4 unspecified atom stereocenters. The normalized spacial score (nSPS) is 19.1. The molecule has 1 saturated heterocycles. The lowest BCUT2D eigenvalue weighted by Gasteiger charge is -2.34. The largest absolute Gasteiger partial charge is 0.456 e. The van der Waals surface area contributed by atoms with Gasteiger partial charge in [-0.3, -0.25) is 20.0 Å². The number of alkyl carbamates (subject to hydrolysis) is 1. The molecule has 0 aromatic heterocycles. The molecule has 2 aromatic carbocycles. The average Bonchev–Trinajstić information content (AvgIpc) is 3.68. The molecule has 4 N–H and O–H groups in total. The number of carbonyl (C=O) groups is 3. The molecule has 0 spiro atoms. The Balaban J connectivity index is 0.828. The molecule has 65 heavy (non-hydrogen) atoms. The predicted octanol–water partition coefficient (Wildman–Crippen LogP) is 6.02. The van der Waals surface area contributed by atoms with Crippen LogP contribution in [0.4, 0.5) is 9.59 Å². The Kier molecular flexibility index (Phi) is 17.4. The second-order valence-electron chi connectivity index (χ2n) is 16.4. The summed E-state index contributed by atoms with van der Waals surface area (Å²) in [6.07, 6.45) is 0.529. The van der Waals surface area contributed by atoms with E-state index in [1.165, 1.54) is 4.90 Å². The molecule has 6 rings (SSSR count). The lowest BCUT2D eigenvalue weighted by atomic mass is 9.88. The molecular weight excluding hydrogens is 833 g/mol. The summed E-state index contributed by atoms with van der Waals surface area (Å²) in [5.41, 5.74) is 8.03. The number of hydrogen-bond acceptors (Lipinski definition) is 12. The van der Waals surface area contributed by atoms with E-state index in [4.69, 9.17) is 29.5 Å². The maximum Gasteiger partial charge on any atom is 0.407 e. The van der Waals surface area contributed by atoms with Crippen LogP contribution in [0.5, 0.6) is 0 Å². The fourth-order valence-electron chi connectivity index (χ4n) is 7.75. The van der Waals surface area contributed by atoms with Crippen molar-refractivity contribution in [2.75, 3.05) is 79.5 Å². The van der Waals surface area contributed by atoms with Gasteiger partial charge in [0.1, 0.15) is 30.3 Å². The van der Waals surface area contributed by atoms with Crippen molar-refractivity contribution in [1.29, 1.82) is 0 Å². The van der Waals surface area contributed by atoms with E-state index in [2.05, 4.69) is 46.9 Å². The maximum absolute atomic E-state index is 14.0. The van der Waals surface area contributed by atoms with Crippen molar-refractivity contribution >= 4 is 29.0 Å². The highest BCUT2D eigenvalue weighted by atomic mass is 16.6. The Morgan fingerprint density at radius 3 is 2.37 bits per heavy atom. The lowest BCUT2D eigenvalue weighted by Crippen LogP contribution is -2.56. The standard InChI is InChI=1S/C49H66N6O10/c1-8-50-40-28-43-39(26-33(40)4)45(38-25-31(2)32(3)27-42(38)65-43)36-13-9-10-14-37(36)47(57)54(7)17-20-63-49(59)52-16-12-19-61-22-24-62-23-21-60-18-11-15-51-46-34(5)30-55(48(58)53-46)44-29-41(56)35(6)64-44/h9-10,13-14,25-28,30,35,41,44,46,51,56H,8,11-12,15-24,29H2,1-7H3,(H,52,59)(H,53,58)/i6D. The van der Waals surface area contributed by atoms with E-state index < -0.39 is 24.5 Å². The van der Waals surface area contributed by atoms with E-state index in [-0.39, 0.29) is 44.6 Å². The number of nitrogens with one attached hydrogen (secondary N) is 3. The summed E-state index contributed by atoms with van der Waals surface area (Å²) in [6.45, 7) is 14.6. The molecule has 4 aliphatic rings. The van der Waals surface area contributed by atoms with Gasteiger partial charge >= 0.3 is 12.1 Å². The fourth-order valence-corrected chi connectivity index (χ4v) is 7.75. The van der Waals surface area contributed by atoms with Gasteiger partial charge in [0, 0.05) is 75.5 Å². The minimum absolute atomic E-state index is 0.0261. The van der Waals surface area contributed by atoms with Crippen molar-refractivity contribution < 1.29 is 49.0 Å². The summed E-state index contributed by atoms with van der Waals surface area (Å²) >= 11 is 0. The van der Waals surface area contributed by atoms with Crippen LogP contribution in [0.2, 0.25) is 0 Å². The van der Waals surface area contributed by atoms with E-state index in [0.29, 0.717) is 77.0 Å². The van der Waals surface area contributed by atoms with Crippen LogP contribution in [0.15, 0.2) is 69.7 Å². The molecule has 16 nitrogen and oxygen atoms in total. The number of aliphatic hydroxyl groups is 1. The first-order chi connectivity index (χ1) is 31.9. The fraction of sp³-hybridized carbons (Fsp3) is 0.510. The molecule has 352 valence electrons. The Bertz CT molecular complexity index is 2360. The summed E-state index contributed by atoms with van der Waals surface area (Å²) in [6, 6.07) is 15.5. The summed E-state index contributed by atoms with van der Waals surface area (Å²) in [5.74, 6) is 0.503. The van der Waals surface area contributed by atoms with Crippen LogP contribution in [-0.4, -0.2) is 137 Å². The zero-order valence-corrected chi connectivity index (χ0v) is 38.6. The zero-order valence-electron chi connectivity index (χ0n) is 39.6. The number of nitrogens with zero attached hydrogens (tertiary/aromatic N) is 3. The van der Waals surface area contributed by atoms with Crippen molar-refractivity contribution in [3.63, 3.8) is 0 Å². The van der Waals surface area contributed by atoms with Gasteiger partial charge in [0.2, 0.25) is 0 Å². The number of hydrogen-bond donors (Lipinski definition) is 4. The highest BCUT2D eigenvalue weighted by Crippen LogP contribution is 2.42. The number of likely N-dealkylation sites (N-methyl/N-ethyl adjacent to an activating group) is 1. The van der Waals surface area contributed by atoms with Gasteiger partial charge in [-0.15, -0.1) is 0 Å². The summed E-state index contributed by atoms with van der Waals surface area (Å²) in [4.78, 5) is 46.8. The van der Waals surface area contributed by atoms with Gasteiger partial charge in [0.05, 0.1) is 50.5 Å². The Hall–Kier alpha value is -5.36. The number of fused-ring (bicyclic) bond motifs is 2. The van der Waals surface area contributed by atoms with Crippen LogP contribution in [0.25, 0.3) is 33.4 Å². The zero-order chi connectivity index (χ0) is 47.2. The second kappa shape index (κ2) is 23.7. The quantitative estimate of drug-likeness (QED) is 0.0534. The van der Waals surface area contributed by atoms with Crippen molar-refractivity contribution in [3.05, 3.63) is 87.9 Å². The molecule has 0 saturated carbocycles.